The van der Waals surface area contributed by atoms with Gasteiger partial charge in [-0.3, -0.25) is 4.79 Å². The molecule has 6 heteroatoms. The van der Waals surface area contributed by atoms with Crippen molar-refractivity contribution in [2.45, 2.75) is 56.9 Å². The molecular formula is C14H20N4O2. The Morgan fingerprint density at radius 1 is 1.20 bits per heavy atom. The van der Waals surface area contributed by atoms with E-state index in [0.29, 0.717) is 6.54 Å². The van der Waals surface area contributed by atoms with Gasteiger partial charge in [0.15, 0.2) is 5.82 Å². The number of hydrogen-bond donors (Lipinski definition) is 1. The largest absolute Gasteiger partial charge is 0.481 e. The average Bonchev–Trinajstić information content (AvgIpc) is 2.83. The number of carboxylic acid groups (broad SMARTS) is 1. The number of tetrazole rings is 1. The summed E-state index contributed by atoms with van der Waals surface area (Å²) in [6.45, 7) is 0.388. The molecule has 20 heavy (non-hydrogen) atoms. The van der Waals surface area contributed by atoms with Crippen LogP contribution >= 0.6 is 0 Å². The predicted octanol–water partition coefficient (Wildman–Crippen LogP) is 1.62. The second-order valence-electron chi connectivity index (χ2n) is 7.07. The number of aryl methyl sites for hydroxylation is 1. The maximum atomic E-state index is 10.8. The van der Waals surface area contributed by atoms with Crippen molar-refractivity contribution in [2.24, 2.45) is 17.8 Å². The molecule has 0 aliphatic heterocycles. The van der Waals surface area contributed by atoms with Crippen LogP contribution in [0.1, 0.15) is 50.8 Å². The summed E-state index contributed by atoms with van der Waals surface area (Å²) in [6.07, 6.45) is 7.84. The lowest BCUT2D eigenvalue weighted by molar-refractivity contribution is -0.137. The minimum absolute atomic E-state index is 0.0877. The zero-order valence-electron chi connectivity index (χ0n) is 11.5. The van der Waals surface area contributed by atoms with E-state index in [-0.39, 0.29) is 11.8 Å². The molecule has 1 aromatic heterocycles. The second-order valence-corrected chi connectivity index (χ2v) is 7.07. The minimum atomic E-state index is -0.794. The molecule has 0 amide bonds. The van der Waals surface area contributed by atoms with Gasteiger partial charge < -0.3 is 5.11 Å². The third kappa shape index (κ3) is 1.84. The van der Waals surface area contributed by atoms with Gasteiger partial charge in [-0.05, 0) is 66.7 Å². The third-order valence-electron chi connectivity index (χ3n) is 5.58. The van der Waals surface area contributed by atoms with Gasteiger partial charge in [-0.1, -0.05) is 0 Å². The van der Waals surface area contributed by atoms with Gasteiger partial charge in [0.05, 0.1) is 13.0 Å². The SMILES string of the molecule is O=C(O)CCn1nnnc1C12CC3CC(CC(C3)C1)C2. The lowest BCUT2D eigenvalue weighted by Gasteiger charge is -2.55. The van der Waals surface area contributed by atoms with Gasteiger partial charge in [0.25, 0.3) is 0 Å². The summed E-state index contributed by atoms with van der Waals surface area (Å²) in [5.74, 6) is 2.68. The van der Waals surface area contributed by atoms with Crippen molar-refractivity contribution in [3.8, 4) is 0 Å². The van der Waals surface area contributed by atoms with Gasteiger partial charge in [-0.2, -0.15) is 0 Å². The van der Waals surface area contributed by atoms with E-state index in [2.05, 4.69) is 15.5 Å². The van der Waals surface area contributed by atoms with Gasteiger partial charge in [0, 0.05) is 5.41 Å². The molecule has 0 aromatic carbocycles. The van der Waals surface area contributed by atoms with Crippen molar-refractivity contribution in [3.05, 3.63) is 5.82 Å². The Balaban J connectivity index is 1.64. The smallest absolute Gasteiger partial charge is 0.305 e. The fourth-order valence-corrected chi connectivity index (χ4v) is 5.32. The molecule has 0 unspecified atom stereocenters. The third-order valence-corrected chi connectivity index (χ3v) is 5.58. The van der Waals surface area contributed by atoms with Crippen molar-refractivity contribution >= 4 is 5.97 Å². The summed E-state index contributed by atoms with van der Waals surface area (Å²) in [7, 11) is 0. The molecule has 1 heterocycles. The van der Waals surface area contributed by atoms with Gasteiger partial charge in [0.2, 0.25) is 0 Å². The van der Waals surface area contributed by atoms with Gasteiger partial charge in [-0.25, -0.2) is 4.68 Å². The van der Waals surface area contributed by atoms with E-state index in [9.17, 15) is 4.79 Å². The van der Waals surface area contributed by atoms with Crippen LogP contribution in [0.25, 0.3) is 0 Å². The molecule has 5 rings (SSSR count). The van der Waals surface area contributed by atoms with E-state index in [1.165, 1.54) is 38.5 Å². The van der Waals surface area contributed by atoms with Crippen molar-refractivity contribution < 1.29 is 9.90 Å². The number of carbonyl (C=O) groups is 1. The quantitative estimate of drug-likeness (QED) is 0.903. The summed E-state index contributed by atoms with van der Waals surface area (Å²) in [4.78, 5) is 10.8. The van der Waals surface area contributed by atoms with Crippen LogP contribution in [-0.2, 0) is 16.8 Å². The van der Waals surface area contributed by atoms with Crippen LogP contribution in [0.4, 0.5) is 0 Å². The molecule has 1 N–H and O–H groups in total. The van der Waals surface area contributed by atoms with E-state index in [4.69, 9.17) is 5.11 Å². The summed E-state index contributed by atoms with van der Waals surface area (Å²) < 4.78 is 1.75. The van der Waals surface area contributed by atoms with Crippen LogP contribution in [0.2, 0.25) is 0 Å². The Morgan fingerprint density at radius 3 is 2.35 bits per heavy atom. The monoisotopic (exact) mass is 276 g/mol. The summed E-state index contributed by atoms with van der Waals surface area (Å²) in [6, 6.07) is 0. The maximum absolute atomic E-state index is 10.8. The highest BCUT2D eigenvalue weighted by Crippen LogP contribution is 2.60. The topological polar surface area (TPSA) is 80.9 Å². The van der Waals surface area contributed by atoms with E-state index >= 15 is 0 Å². The molecule has 4 aliphatic rings. The van der Waals surface area contributed by atoms with Crippen molar-refractivity contribution in [1.82, 2.24) is 20.2 Å². The molecule has 4 aliphatic carbocycles. The molecule has 1 aromatic rings. The number of carboxylic acids is 1. The summed E-state index contributed by atoms with van der Waals surface area (Å²) >= 11 is 0. The molecular weight excluding hydrogens is 256 g/mol. The highest BCUT2D eigenvalue weighted by Gasteiger charge is 2.53. The Bertz CT molecular complexity index is 504. The highest BCUT2D eigenvalue weighted by molar-refractivity contribution is 5.66. The molecule has 0 radical (unpaired) electrons. The van der Waals surface area contributed by atoms with Crippen molar-refractivity contribution in [3.63, 3.8) is 0 Å². The Kier molecular flexibility index (Phi) is 2.62. The first kappa shape index (κ1) is 12.3. The molecule has 0 atom stereocenters. The first-order valence-electron chi connectivity index (χ1n) is 7.63. The Hall–Kier alpha value is -1.46. The second kappa shape index (κ2) is 4.27. The zero-order chi connectivity index (χ0) is 13.7. The molecule has 4 bridgehead atoms. The standard InChI is InChI=1S/C14H20N4O2/c19-12(20)1-2-18-13(15-16-17-18)14-6-9-3-10(7-14)5-11(4-9)8-14/h9-11H,1-8H2,(H,19,20). The summed E-state index contributed by atoms with van der Waals surface area (Å²) in [5.41, 5.74) is 0.136. The normalized spacial score (nSPS) is 38.3. The molecule has 0 saturated heterocycles. The Morgan fingerprint density at radius 2 is 1.80 bits per heavy atom. The molecule has 0 spiro atoms. The molecule has 108 valence electrons. The molecule has 4 saturated carbocycles. The van der Waals surface area contributed by atoms with Crippen LogP contribution in [0, 0.1) is 17.8 Å². The predicted molar refractivity (Wildman–Crippen MR) is 69.9 cm³/mol. The number of aromatic nitrogens is 4. The van der Waals surface area contributed by atoms with Crippen LogP contribution in [0.15, 0.2) is 0 Å². The number of hydrogen-bond acceptors (Lipinski definition) is 4. The van der Waals surface area contributed by atoms with Crippen LogP contribution < -0.4 is 0 Å². The van der Waals surface area contributed by atoms with Gasteiger partial charge in [0.1, 0.15) is 0 Å². The summed E-state index contributed by atoms with van der Waals surface area (Å²) in [5, 5.41) is 21.0. The van der Waals surface area contributed by atoms with Crippen molar-refractivity contribution in [1.29, 1.82) is 0 Å². The van der Waals surface area contributed by atoms with Crippen molar-refractivity contribution in [2.75, 3.05) is 0 Å². The van der Waals surface area contributed by atoms with Crippen LogP contribution in [0.3, 0.4) is 0 Å². The fraction of sp³-hybridized carbons (Fsp3) is 0.857. The van der Waals surface area contributed by atoms with E-state index < -0.39 is 5.97 Å². The fourth-order valence-electron chi connectivity index (χ4n) is 5.32. The van der Waals surface area contributed by atoms with E-state index in [1.54, 1.807) is 4.68 Å². The zero-order valence-corrected chi connectivity index (χ0v) is 11.5. The number of nitrogens with zero attached hydrogens (tertiary/aromatic N) is 4. The number of aliphatic carboxylic acids is 1. The van der Waals surface area contributed by atoms with Gasteiger partial charge >= 0.3 is 5.97 Å². The Labute approximate surface area is 117 Å². The van der Waals surface area contributed by atoms with E-state index in [1.807, 2.05) is 0 Å². The van der Waals surface area contributed by atoms with Gasteiger partial charge in [-0.15, -0.1) is 5.10 Å². The maximum Gasteiger partial charge on any atom is 0.305 e. The van der Waals surface area contributed by atoms with Crippen LogP contribution in [0.5, 0.6) is 0 Å². The minimum Gasteiger partial charge on any atom is -0.481 e. The lowest BCUT2D eigenvalue weighted by atomic mass is 9.49. The first-order chi connectivity index (χ1) is 9.64. The molecule has 6 nitrogen and oxygen atoms in total. The average molecular weight is 276 g/mol. The van der Waals surface area contributed by atoms with E-state index in [0.717, 1.165) is 23.6 Å². The first-order valence-corrected chi connectivity index (χ1v) is 7.63. The lowest BCUT2D eigenvalue weighted by Crippen LogP contribution is -2.49. The number of rotatable bonds is 4. The molecule has 4 fully saturated rings. The van der Waals surface area contributed by atoms with Crippen LogP contribution in [-0.4, -0.2) is 31.3 Å². The highest BCUT2D eigenvalue weighted by atomic mass is 16.4.